The molecule has 34 heavy (non-hydrogen) atoms. The van der Waals surface area contributed by atoms with E-state index >= 15 is 0 Å². The minimum absolute atomic E-state index is 0.184. The molecule has 0 spiro atoms. The number of aromatic nitrogens is 1. The van der Waals surface area contributed by atoms with E-state index in [0.717, 1.165) is 16.5 Å². The highest BCUT2D eigenvalue weighted by molar-refractivity contribution is 6.35. The van der Waals surface area contributed by atoms with Crippen LogP contribution in [0.3, 0.4) is 0 Å². The van der Waals surface area contributed by atoms with E-state index in [1.54, 1.807) is 36.5 Å². The zero-order valence-corrected chi connectivity index (χ0v) is 20.5. The van der Waals surface area contributed by atoms with Crippen LogP contribution in [-0.4, -0.2) is 22.3 Å². The van der Waals surface area contributed by atoms with Gasteiger partial charge >= 0.3 is 0 Å². The number of carbonyl (C=O) groups is 2. The molecule has 0 bridgehead atoms. The maximum Gasteiger partial charge on any atom is 0.257 e. The summed E-state index contributed by atoms with van der Waals surface area (Å²) < 4.78 is 0. The Morgan fingerprint density at radius 1 is 0.853 bits per heavy atom. The van der Waals surface area contributed by atoms with Gasteiger partial charge in [0.25, 0.3) is 11.8 Å². The van der Waals surface area contributed by atoms with Crippen LogP contribution in [0.5, 0.6) is 0 Å². The molecule has 0 saturated heterocycles. The van der Waals surface area contributed by atoms with E-state index in [2.05, 4.69) is 15.6 Å². The average molecular weight is 492 g/mol. The number of carbonyl (C=O) groups excluding carboxylic acids is 2. The van der Waals surface area contributed by atoms with Crippen LogP contribution in [0.1, 0.15) is 41.5 Å². The molecule has 7 heteroatoms. The molecule has 0 radical (unpaired) electrons. The number of fused-ring (bicyclic) bond motifs is 1. The molecule has 0 aliphatic heterocycles. The molecule has 2 N–H and O–H groups in total. The molecule has 4 rings (SSSR count). The summed E-state index contributed by atoms with van der Waals surface area (Å²) in [6.07, 6.45) is 1.73. The first-order valence-electron chi connectivity index (χ1n) is 10.7. The first-order chi connectivity index (χ1) is 16.1. The Kier molecular flexibility index (Phi) is 6.60. The van der Waals surface area contributed by atoms with Crippen LogP contribution in [0.15, 0.2) is 72.9 Å². The van der Waals surface area contributed by atoms with Crippen molar-refractivity contribution in [3.63, 3.8) is 0 Å². The van der Waals surface area contributed by atoms with Gasteiger partial charge in [0.05, 0.1) is 21.3 Å². The molecule has 0 aliphatic carbocycles. The van der Waals surface area contributed by atoms with Crippen molar-refractivity contribution >= 4 is 51.5 Å². The maximum absolute atomic E-state index is 12.9. The van der Waals surface area contributed by atoms with Crippen LogP contribution in [-0.2, 0) is 0 Å². The average Bonchev–Trinajstić information content (AvgIpc) is 2.78. The summed E-state index contributed by atoms with van der Waals surface area (Å²) in [6, 6.07) is 19.7. The van der Waals surface area contributed by atoms with Gasteiger partial charge in [0.15, 0.2) is 0 Å². The van der Waals surface area contributed by atoms with E-state index in [4.69, 9.17) is 23.2 Å². The number of anilines is 1. The lowest BCUT2D eigenvalue weighted by atomic mass is 10.0. The van der Waals surface area contributed by atoms with Gasteiger partial charge in [0, 0.05) is 33.9 Å². The Bertz CT molecular complexity index is 1410. The molecule has 0 atom stereocenters. The number of amides is 2. The number of hydrogen-bond donors (Lipinski definition) is 2. The molecule has 0 aliphatic rings. The maximum atomic E-state index is 12.9. The van der Waals surface area contributed by atoms with E-state index in [9.17, 15) is 9.59 Å². The van der Waals surface area contributed by atoms with Crippen molar-refractivity contribution in [3.05, 3.63) is 94.1 Å². The van der Waals surface area contributed by atoms with E-state index < -0.39 is 5.91 Å². The van der Waals surface area contributed by atoms with Crippen LogP contribution in [0.2, 0.25) is 10.0 Å². The highest BCUT2D eigenvalue weighted by Crippen LogP contribution is 2.34. The van der Waals surface area contributed by atoms with Crippen molar-refractivity contribution in [2.75, 3.05) is 5.32 Å². The Balaban J connectivity index is 1.60. The molecular weight excluding hydrogens is 469 g/mol. The fourth-order valence-electron chi connectivity index (χ4n) is 3.57. The van der Waals surface area contributed by atoms with Crippen LogP contribution >= 0.6 is 23.2 Å². The number of pyridine rings is 1. The molecular formula is C27H23Cl2N3O2. The Morgan fingerprint density at radius 2 is 1.62 bits per heavy atom. The first-order valence-corrected chi connectivity index (χ1v) is 11.4. The lowest BCUT2D eigenvalue weighted by Gasteiger charge is -2.20. The van der Waals surface area contributed by atoms with Crippen LogP contribution in [0, 0.1) is 0 Å². The third kappa shape index (κ3) is 5.22. The summed E-state index contributed by atoms with van der Waals surface area (Å²) in [5.74, 6) is -0.654. The molecule has 1 heterocycles. The van der Waals surface area contributed by atoms with E-state index in [0.29, 0.717) is 21.8 Å². The van der Waals surface area contributed by atoms with E-state index in [1.807, 2.05) is 51.1 Å². The summed E-state index contributed by atoms with van der Waals surface area (Å²) >= 11 is 12.8. The van der Waals surface area contributed by atoms with Crippen LogP contribution < -0.4 is 10.6 Å². The van der Waals surface area contributed by atoms with Gasteiger partial charge in [0.1, 0.15) is 0 Å². The predicted octanol–water partition coefficient (Wildman–Crippen LogP) is 6.99. The first kappa shape index (κ1) is 23.7. The molecule has 5 nitrogen and oxygen atoms in total. The number of rotatable bonds is 4. The van der Waals surface area contributed by atoms with Crippen molar-refractivity contribution in [1.82, 2.24) is 10.3 Å². The Labute approximate surface area is 208 Å². The van der Waals surface area contributed by atoms with Gasteiger partial charge in [-0.2, -0.15) is 0 Å². The third-order valence-electron chi connectivity index (χ3n) is 5.12. The highest BCUT2D eigenvalue weighted by Gasteiger charge is 2.18. The van der Waals surface area contributed by atoms with Gasteiger partial charge in [0.2, 0.25) is 0 Å². The Hall–Kier alpha value is -3.41. The fraction of sp³-hybridized carbons (Fsp3) is 0.148. The summed E-state index contributed by atoms with van der Waals surface area (Å²) in [7, 11) is 0. The SMILES string of the molecule is CC(C)(C)NC(=O)c1ccc(C(=O)Nc2ccc(Cl)c(-c3nccc4ccccc34)c2)c(Cl)c1. The van der Waals surface area contributed by atoms with E-state index in [-0.39, 0.29) is 22.0 Å². The zero-order chi connectivity index (χ0) is 24.5. The minimum Gasteiger partial charge on any atom is -0.347 e. The number of nitrogens with zero attached hydrogens (tertiary/aromatic N) is 1. The quantitative estimate of drug-likeness (QED) is 0.323. The Morgan fingerprint density at radius 3 is 2.35 bits per heavy atom. The molecule has 172 valence electrons. The summed E-state index contributed by atoms with van der Waals surface area (Å²) in [5, 5.41) is 8.44. The van der Waals surface area contributed by atoms with Gasteiger partial charge in [-0.3, -0.25) is 14.6 Å². The van der Waals surface area contributed by atoms with Gasteiger partial charge in [-0.05, 0) is 68.6 Å². The lowest BCUT2D eigenvalue weighted by molar-refractivity contribution is 0.0918. The number of nitrogens with one attached hydrogen (secondary N) is 2. The normalized spacial score (nSPS) is 11.3. The zero-order valence-electron chi connectivity index (χ0n) is 18.9. The van der Waals surface area contributed by atoms with Gasteiger partial charge in [-0.15, -0.1) is 0 Å². The topological polar surface area (TPSA) is 71.1 Å². The monoisotopic (exact) mass is 491 g/mol. The number of hydrogen-bond acceptors (Lipinski definition) is 3. The van der Waals surface area contributed by atoms with E-state index in [1.165, 1.54) is 6.07 Å². The largest absolute Gasteiger partial charge is 0.347 e. The van der Waals surface area contributed by atoms with Crippen molar-refractivity contribution in [2.45, 2.75) is 26.3 Å². The second-order valence-electron chi connectivity index (χ2n) is 8.93. The molecule has 0 fully saturated rings. The van der Waals surface area contributed by atoms with Crippen molar-refractivity contribution in [3.8, 4) is 11.3 Å². The summed E-state index contributed by atoms with van der Waals surface area (Å²) in [6.45, 7) is 5.67. The van der Waals surface area contributed by atoms with Gasteiger partial charge in [-0.25, -0.2) is 0 Å². The molecule has 0 saturated carbocycles. The molecule has 2 amide bonds. The highest BCUT2D eigenvalue weighted by atomic mass is 35.5. The summed E-state index contributed by atoms with van der Waals surface area (Å²) in [5.41, 5.74) is 2.24. The van der Waals surface area contributed by atoms with Crippen molar-refractivity contribution < 1.29 is 9.59 Å². The van der Waals surface area contributed by atoms with Gasteiger partial charge < -0.3 is 10.6 Å². The molecule has 1 aromatic heterocycles. The van der Waals surface area contributed by atoms with Crippen LogP contribution in [0.4, 0.5) is 5.69 Å². The molecule has 3 aromatic carbocycles. The lowest BCUT2D eigenvalue weighted by Crippen LogP contribution is -2.40. The minimum atomic E-state index is -0.396. The third-order valence-corrected chi connectivity index (χ3v) is 5.76. The van der Waals surface area contributed by atoms with Gasteiger partial charge in [-0.1, -0.05) is 47.5 Å². The molecule has 4 aromatic rings. The van der Waals surface area contributed by atoms with Crippen molar-refractivity contribution in [2.24, 2.45) is 0 Å². The fourth-order valence-corrected chi connectivity index (χ4v) is 4.04. The molecule has 0 unspecified atom stereocenters. The van der Waals surface area contributed by atoms with Crippen molar-refractivity contribution in [1.29, 1.82) is 0 Å². The number of benzene rings is 3. The number of halogens is 2. The summed E-state index contributed by atoms with van der Waals surface area (Å²) in [4.78, 5) is 29.9. The van der Waals surface area contributed by atoms with Crippen LogP contribution in [0.25, 0.3) is 22.0 Å². The standard InChI is InChI=1S/C27H23Cl2N3O2/c1-27(2,3)32-25(33)17-8-10-20(23(29)14-17)26(34)31-18-9-11-22(28)21(15-18)24-19-7-5-4-6-16(19)12-13-30-24/h4-15H,1-3H3,(H,31,34)(H,32,33). The second-order valence-corrected chi connectivity index (χ2v) is 9.74. The smallest absolute Gasteiger partial charge is 0.257 e. The predicted molar refractivity (Wildman–Crippen MR) is 139 cm³/mol. The second kappa shape index (κ2) is 9.45.